The molecule has 1 aromatic heterocycles. The summed E-state index contributed by atoms with van der Waals surface area (Å²) in [5.74, 6) is -2.19. The quantitative estimate of drug-likeness (QED) is 0.0980. The summed E-state index contributed by atoms with van der Waals surface area (Å²) < 4.78 is 6.14. The fourth-order valence-corrected chi connectivity index (χ4v) is 3.75. The van der Waals surface area contributed by atoms with E-state index in [0.717, 1.165) is 0 Å². The van der Waals surface area contributed by atoms with Crippen LogP contribution in [0.5, 0.6) is 0 Å². The molecule has 0 fully saturated rings. The van der Waals surface area contributed by atoms with Crippen molar-refractivity contribution in [3.8, 4) is 0 Å². The normalized spacial score (nSPS) is 12.5. The zero-order valence-electron chi connectivity index (χ0n) is 21.8. The van der Waals surface area contributed by atoms with Crippen LogP contribution in [0, 0.1) is 11.8 Å². The topological polar surface area (TPSA) is 185 Å². The predicted octanol–water partition coefficient (Wildman–Crippen LogP) is 1.47. The van der Waals surface area contributed by atoms with Crippen molar-refractivity contribution in [2.24, 2.45) is 11.8 Å². The maximum Gasteiger partial charge on any atom is 0.339 e. The van der Waals surface area contributed by atoms with Gasteiger partial charge in [0.15, 0.2) is 6.10 Å². The average Bonchev–Trinajstić information content (AvgIpc) is 3.36. The highest BCUT2D eigenvalue weighted by molar-refractivity contribution is 5.90. The van der Waals surface area contributed by atoms with Crippen molar-refractivity contribution >= 4 is 29.4 Å². The minimum atomic E-state index is -1.37. The van der Waals surface area contributed by atoms with Crippen LogP contribution in [0.4, 0.5) is 5.69 Å². The third kappa shape index (κ3) is 10.3. The fourth-order valence-electron chi connectivity index (χ4n) is 3.75. The van der Waals surface area contributed by atoms with Crippen LogP contribution in [0.25, 0.3) is 0 Å². The molecule has 0 aliphatic heterocycles. The lowest BCUT2D eigenvalue weighted by molar-refractivity contribution is -0.150. The smallest absolute Gasteiger partial charge is 0.339 e. The highest BCUT2D eigenvalue weighted by atomic mass is 16.5. The number of hydrogen-bond donors (Lipinski definition) is 5. The van der Waals surface area contributed by atoms with Crippen LogP contribution in [-0.2, 0) is 37.0 Å². The summed E-state index contributed by atoms with van der Waals surface area (Å²) in [7, 11) is 1.19. The zero-order valence-corrected chi connectivity index (χ0v) is 21.8. The van der Waals surface area contributed by atoms with Gasteiger partial charge in [0.1, 0.15) is 5.69 Å². The molecule has 2 rings (SSSR count). The van der Waals surface area contributed by atoms with Gasteiger partial charge in [0.2, 0.25) is 17.7 Å². The second kappa shape index (κ2) is 15.4. The van der Waals surface area contributed by atoms with E-state index in [1.54, 1.807) is 28.5 Å². The number of esters is 1. The summed E-state index contributed by atoms with van der Waals surface area (Å²) in [5.41, 5.74) is 3.04. The molecular weight excluding hydrogens is 496 g/mol. The number of aromatic nitrogens is 3. The molecule has 3 amide bonds. The number of hydrogen-bond acceptors (Lipinski definition) is 9. The Morgan fingerprint density at radius 3 is 2.42 bits per heavy atom. The molecule has 2 atom stereocenters. The number of methoxy groups -OCH3 is 1. The molecule has 0 aliphatic rings. The molecule has 2 aromatic rings. The zero-order chi connectivity index (χ0) is 28.1. The number of unbranched alkanes of at least 4 members (excludes halogenated alkanes) is 1. The molecule has 0 saturated heterocycles. The number of aliphatic hydroxyl groups is 1. The number of anilines is 1. The summed E-state index contributed by atoms with van der Waals surface area (Å²) in [6, 6.07) is 6.28. The van der Waals surface area contributed by atoms with Crippen LogP contribution in [-0.4, -0.2) is 56.1 Å². The van der Waals surface area contributed by atoms with Gasteiger partial charge < -0.3 is 20.5 Å². The summed E-state index contributed by atoms with van der Waals surface area (Å²) in [6.07, 6.45) is 2.32. The number of amides is 3. The Morgan fingerprint density at radius 2 is 1.79 bits per heavy atom. The molecule has 13 nitrogen and oxygen atoms in total. The van der Waals surface area contributed by atoms with E-state index in [0.29, 0.717) is 49.2 Å². The van der Waals surface area contributed by atoms with Gasteiger partial charge in [0, 0.05) is 31.0 Å². The second-order valence-corrected chi connectivity index (χ2v) is 9.31. The first-order valence-electron chi connectivity index (χ1n) is 12.4. The van der Waals surface area contributed by atoms with Crippen molar-refractivity contribution in [1.29, 1.82) is 0 Å². The SMILES string of the molecule is COC(=O)C(O)c1ccc(NC(=O)CCCCn2cc(CNC(=O)C(CC(=O)NO)CC(C)C)nn2)cc1. The summed E-state index contributed by atoms with van der Waals surface area (Å²) in [6.45, 7) is 4.60. The van der Waals surface area contributed by atoms with Gasteiger partial charge in [-0.3, -0.25) is 24.3 Å². The third-order valence-electron chi connectivity index (χ3n) is 5.69. The van der Waals surface area contributed by atoms with E-state index in [9.17, 15) is 24.3 Å². The minimum Gasteiger partial charge on any atom is -0.467 e. The molecule has 2 unspecified atom stereocenters. The van der Waals surface area contributed by atoms with Crippen molar-refractivity contribution in [2.45, 2.75) is 65.1 Å². The number of nitrogens with zero attached hydrogens (tertiary/aromatic N) is 3. The Morgan fingerprint density at radius 1 is 1.08 bits per heavy atom. The molecule has 0 aliphatic carbocycles. The highest BCUT2D eigenvalue weighted by Crippen LogP contribution is 2.18. The van der Waals surface area contributed by atoms with E-state index in [4.69, 9.17) is 5.21 Å². The first-order valence-corrected chi connectivity index (χ1v) is 12.4. The lowest BCUT2D eigenvalue weighted by Gasteiger charge is -2.17. The van der Waals surface area contributed by atoms with Crippen LogP contribution in [0.15, 0.2) is 30.5 Å². The van der Waals surface area contributed by atoms with E-state index in [1.165, 1.54) is 19.2 Å². The summed E-state index contributed by atoms with van der Waals surface area (Å²) >= 11 is 0. The number of hydroxylamine groups is 1. The number of carbonyl (C=O) groups excluding carboxylic acids is 4. The van der Waals surface area contributed by atoms with E-state index in [1.807, 2.05) is 13.8 Å². The van der Waals surface area contributed by atoms with Gasteiger partial charge in [-0.25, -0.2) is 10.3 Å². The molecule has 0 spiro atoms. The Balaban J connectivity index is 1.72. The number of aliphatic hydroxyl groups excluding tert-OH is 1. The molecule has 38 heavy (non-hydrogen) atoms. The van der Waals surface area contributed by atoms with Gasteiger partial charge in [-0.2, -0.15) is 0 Å². The highest BCUT2D eigenvalue weighted by Gasteiger charge is 2.23. The number of aryl methyl sites for hydroxylation is 1. The van der Waals surface area contributed by atoms with Crippen LogP contribution >= 0.6 is 0 Å². The van der Waals surface area contributed by atoms with Crippen LogP contribution < -0.4 is 16.1 Å². The Kier molecular flexibility index (Phi) is 12.3. The van der Waals surface area contributed by atoms with Crippen molar-refractivity contribution in [2.75, 3.05) is 12.4 Å². The molecule has 1 aromatic carbocycles. The number of rotatable bonds is 15. The number of ether oxygens (including phenoxy) is 1. The maximum absolute atomic E-state index is 12.5. The summed E-state index contributed by atoms with van der Waals surface area (Å²) in [4.78, 5) is 47.6. The van der Waals surface area contributed by atoms with Gasteiger partial charge in [-0.15, -0.1) is 5.10 Å². The molecule has 208 valence electrons. The standard InChI is InChI=1S/C25H36N6O7/c1-16(2)12-18(13-22(33)29-37)24(35)26-14-20-15-31(30-28-20)11-5-4-6-21(32)27-19-9-7-17(8-10-19)23(34)25(36)38-3/h7-10,15-16,18,23,34,37H,4-6,11-14H2,1-3H3,(H,26,35)(H,27,32)(H,29,33). The first kappa shape index (κ1) is 30.4. The Hall–Kier alpha value is -3.84. The number of nitrogens with one attached hydrogen (secondary N) is 3. The lowest BCUT2D eigenvalue weighted by atomic mass is 9.93. The van der Waals surface area contributed by atoms with E-state index in [-0.39, 0.29) is 30.7 Å². The van der Waals surface area contributed by atoms with Crippen LogP contribution in [0.1, 0.15) is 63.3 Å². The molecule has 0 bridgehead atoms. The van der Waals surface area contributed by atoms with Crippen molar-refractivity contribution in [3.05, 3.63) is 41.7 Å². The molecular formula is C25H36N6O7. The molecule has 0 saturated carbocycles. The maximum atomic E-state index is 12.5. The van der Waals surface area contributed by atoms with E-state index >= 15 is 0 Å². The number of benzene rings is 1. The molecule has 13 heteroatoms. The van der Waals surface area contributed by atoms with Gasteiger partial charge in [0.25, 0.3) is 0 Å². The van der Waals surface area contributed by atoms with E-state index in [2.05, 4.69) is 25.7 Å². The van der Waals surface area contributed by atoms with E-state index < -0.39 is 23.9 Å². The largest absolute Gasteiger partial charge is 0.467 e. The molecule has 1 heterocycles. The first-order chi connectivity index (χ1) is 18.1. The Labute approximate surface area is 220 Å². The second-order valence-electron chi connectivity index (χ2n) is 9.31. The van der Waals surface area contributed by atoms with Crippen molar-refractivity contribution in [1.82, 2.24) is 25.8 Å². The Bertz CT molecular complexity index is 1070. The summed E-state index contributed by atoms with van der Waals surface area (Å²) in [5, 5.41) is 32.2. The van der Waals surface area contributed by atoms with Crippen LogP contribution in [0.2, 0.25) is 0 Å². The van der Waals surface area contributed by atoms with Gasteiger partial charge in [0.05, 0.1) is 19.9 Å². The van der Waals surface area contributed by atoms with Crippen LogP contribution in [0.3, 0.4) is 0 Å². The van der Waals surface area contributed by atoms with Gasteiger partial charge in [-0.1, -0.05) is 31.2 Å². The average molecular weight is 533 g/mol. The predicted molar refractivity (Wildman–Crippen MR) is 135 cm³/mol. The molecule has 0 radical (unpaired) electrons. The fraction of sp³-hybridized carbons (Fsp3) is 0.520. The van der Waals surface area contributed by atoms with Crippen molar-refractivity contribution in [3.63, 3.8) is 0 Å². The molecule has 5 N–H and O–H groups in total. The third-order valence-corrected chi connectivity index (χ3v) is 5.69. The van der Waals surface area contributed by atoms with Gasteiger partial charge in [-0.05, 0) is 42.9 Å². The monoisotopic (exact) mass is 532 g/mol. The van der Waals surface area contributed by atoms with Gasteiger partial charge >= 0.3 is 5.97 Å². The van der Waals surface area contributed by atoms with Crippen molar-refractivity contribution < 1.29 is 34.2 Å². The minimum absolute atomic E-state index is 0.107. The lowest BCUT2D eigenvalue weighted by Crippen LogP contribution is -2.34. The number of carbonyl (C=O) groups is 4.